The lowest BCUT2D eigenvalue weighted by molar-refractivity contribution is 0.310. The average Bonchev–Trinajstić information content (AvgIpc) is 3.02. The van der Waals surface area contributed by atoms with Crippen LogP contribution in [-0.2, 0) is 0 Å². The number of nitrogens with zero attached hydrogens (tertiary/aromatic N) is 1. The van der Waals surface area contributed by atoms with Crippen LogP contribution in [0, 0.1) is 5.92 Å². The van der Waals surface area contributed by atoms with Gasteiger partial charge >= 0.3 is 0 Å². The highest BCUT2D eigenvalue weighted by atomic mass is 35.5. The third-order valence-electron chi connectivity index (χ3n) is 4.24. The molecule has 2 unspecified atom stereocenters. The highest BCUT2D eigenvalue weighted by molar-refractivity contribution is 7.20. The molecule has 0 radical (unpaired) electrons. The van der Waals surface area contributed by atoms with Gasteiger partial charge in [-0.3, -0.25) is 0 Å². The number of nitrogens with one attached hydrogen (secondary N) is 1. The van der Waals surface area contributed by atoms with Crippen LogP contribution in [0.15, 0.2) is 6.07 Å². The molecule has 1 aromatic rings. The monoisotopic (exact) mass is 318 g/mol. The van der Waals surface area contributed by atoms with E-state index in [1.54, 1.807) is 0 Å². The van der Waals surface area contributed by atoms with E-state index in [4.69, 9.17) is 23.2 Å². The van der Waals surface area contributed by atoms with Crippen molar-refractivity contribution < 1.29 is 0 Å². The molecule has 0 spiro atoms. The molecule has 106 valence electrons. The van der Waals surface area contributed by atoms with Gasteiger partial charge in [-0.1, -0.05) is 23.2 Å². The van der Waals surface area contributed by atoms with Crippen molar-refractivity contribution in [2.24, 2.45) is 5.92 Å². The first-order valence-electron chi connectivity index (χ1n) is 7.05. The van der Waals surface area contributed by atoms with E-state index in [1.165, 1.54) is 43.7 Å². The second-order valence-electron chi connectivity index (χ2n) is 5.79. The first-order chi connectivity index (χ1) is 9.13. The molecule has 0 aromatic carbocycles. The maximum atomic E-state index is 6.19. The van der Waals surface area contributed by atoms with Crippen LogP contribution >= 0.6 is 34.5 Å². The molecular formula is C14H20Cl2N2S. The molecular weight excluding hydrogens is 299 g/mol. The molecule has 0 amide bonds. The van der Waals surface area contributed by atoms with E-state index in [0.29, 0.717) is 0 Å². The normalized spacial score (nSPS) is 25.9. The van der Waals surface area contributed by atoms with Crippen molar-refractivity contribution in [1.82, 2.24) is 10.2 Å². The first-order valence-corrected chi connectivity index (χ1v) is 8.63. The van der Waals surface area contributed by atoms with E-state index in [0.717, 1.165) is 32.7 Å². The minimum atomic E-state index is 0.284. The fraction of sp³-hybridized carbons (Fsp3) is 0.714. The summed E-state index contributed by atoms with van der Waals surface area (Å²) in [5, 5.41) is 3.61. The van der Waals surface area contributed by atoms with Crippen LogP contribution < -0.4 is 5.32 Å². The van der Waals surface area contributed by atoms with Gasteiger partial charge in [-0.25, -0.2) is 0 Å². The number of rotatable bonds is 5. The van der Waals surface area contributed by atoms with Crippen molar-refractivity contribution in [3.05, 3.63) is 20.3 Å². The molecule has 2 nitrogen and oxygen atoms in total. The van der Waals surface area contributed by atoms with Crippen molar-refractivity contribution >= 4 is 34.5 Å². The number of halogens is 2. The highest BCUT2D eigenvalue weighted by Crippen LogP contribution is 2.35. The van der Waals surface area contributed by atoms with Gasteiger partial charge in [-0.2, -0.15) is 0 Å². The summed E-state index contributed by atoms with van der Waals surface area (Å²) in [5.41, 5.74) is 1.13. The van der Waals surface area contributed by atoms with Gasteiger partial charge in [0.25, 0.3) is 0 Å². The van der Waals surface area contributed by atoms with Crippen LogP contribution in [0.3, 0.4) is 0 Å². The fourth-order valence-electron chi connectivity index (χ4n) is 2.90. The summed E-state index contributed by atoms with van der Waals surface area (Å²) in [6.07, 6.45) is 4.16. The fourth-order valence-corrected chi connectivity index (χ4v) is 4.55. The van der Waals surface area contributed by atoms with Crippen LogP contribution in [0.2, 0.25) is 8.67 Å². The maximum absolute atomic E-state index is 6.19. The van der Waals surface area contributed by atoms with Crippen LogP contribution in [-0.4, -0.2) is 30.6 Å². The SMILES string of the molecule is CC(NCC1CCN(C2CC2)C1)c1cc(Cl)sc1Cl. The summed E-state index contributed by atoms with van der Waals surface area (Å²) < 4.78 is 1.59. The average molecular weight is 319 g/mol. The van der Waals surface area contributed by atoms with Gasteiger partial charge in [0, 0.05) is 18.6 Å². The summed E-state index contributed by atoms with van der Waals surface area (Å²) in [4.78, 5) is 2.66. The van der Waals surface area contributed by atoms with Crippen molar-refractivity contribution in [2.75, 3.05) is 19.6 Å². The number of likely N-dealkylation sites (tertiary alicyclic amines) is 1. The first kappa shape index (κ1) is 14.2. The predicted molar refractivity (Wildman–Crippen MR) is 83.5 cm³/mol. The predicted octanol–water partition coefficient (Wildman–Crippen LogP) is 4.19. The topological polar surface area (TPSA) is 15.3 Å². The number of hydrogen-bond donors (Lipinski definition) is 1. The van der Waals surface area contributed by atoms with E-state index in [1.807, 2.05) is 6.07 Å². The maximum Gasteiger partial charge on any atom is 0.0991 e. The molecule has 2 heterocycles. The second-order valence-corrected chi connectivity index (χ2v) is 8.08. The lowest BCUT2D eigenvalue weighted by Gasteiger charge is -2.18. The van der Waals surface area contributed by atoms with Crippen LogP contribution in [0.25, 0.3) is 0 Å². The van der Waals surface area contributed by atoms with E-state index in [2.05, 4.69) is 17.1 Å². The van der Waals surface area contributed by atoms with Crippen LogP contribution in [0.1, 0.15) is 37.8 Å². The van der Waals surface area contributed by atoms with E-state index in [9.17, 15) is 0 Å². The summed E-state index contributed by atoms with van der Waals surface area (Å²) in [6.45, 7) is 5.80. The molecule has 1 saturated carbocycles. The smallest absolute Gasteiger partial charge is 0.0991 e. The zero-order valence-electron chi connectivity index (χ0n) is 11.2. The van der Waals surface area contributed by atoms with Gasteiger partial charge in [0.15, 0.2) is 0 Å². The van der Waals surface area contributed by atoms with Gasteiger partial charge in [-0.15, -0.1) is 11.3 Å². The molecule has 1 aromatic heterocycles. The summed E-state index contributed by atoms with van der Waals surface area (Å²) >= 11 is 13.6. The van der Waals surface area contributed by atoms with Crippen LogP contribution in [0.4, 0.5) is 0 Å². The Balaban J connectivity index is 1.48. The Morgan fingerprint density at radius 3 is 2.84 bits per heavy atom. The molecule has 1 saturated heterocycles. The third-order valence-corrected chi connectivity index (χ3v) is 5.76. The number of thiophene rings is 1. The molecule has 0 bridgehead atoms. The van der Waals surface area contributed by atoms with Gasteiger partial charge < -0.3 is 10.2 Å². The Hall–Kier alpha value is 0.200. The third kappa shape index (κ3) is 3.45. The molecule has 2 atom stereocenters. The van der Waals surface area contributed by atoms with Crippen LogP contribution in [0.5, 0.6) is 0 Å². The molecule has 1 aliphatic carbocycles. The standard InChI is InChI=1S/C14H20Cl2N2S/c1-9(12-6-13(15)19-14(12)16)17-7-10-4-5-18(8-10)11-2-3-11/h6,9-11,17H,2-5,7-8H2,1H3. The van der Waals surface area contributed by atoms with Gasteiger partial charge in [0.2, 0.25) is 0 Å². The molecule has 2 fully saturated rings. The van der Waals surface area contributed by atoms with Gasteiger partial charge in [0.05, 0.1) is 8.67 Å². The highest BCUT2D eigenvalue weighted by Gasteiger charge is 2.34. The lowest BCUT2D eigenvalue weighted by Crippen LogP contribution is -2.29. The molecule has 5 heteroatoms. The van der Waals surface area contributed by atoms with E-state index < -0.39 is 0 Å². The Morgan fingerprint density at radius 1 is 1.42 bits per heavy atom. The molecule has 2 aliphatic rings. The number of hydrogen-bond acceptors (Lipinski definition) is 3. The minimum Gasteiger partial charge on any atom is -0.310 e. The lowest BCUT2D eigenvalue weighted by atomic mass is 10.1. The Labute approximate surface area is 129 Å². The van der Waals surface area contributed by atoms with Crippen molar-refractivity contribution in [1.29, 1.82) is 0 Å². The zero-order chi connectivity index (χ0) is 13.4. The van der Waals surface area contributed by atoms with E-state index >= 15 is 0 Å². The van der Waals surface area contributed by atoms with Crippen molar-refractivity contribution in [3.63, 3.8) is 0 Å². The largest absolute Gasteiger partial charge is 0.310 e. The Morgan fingerprint density at radius 2 is 2.21 bits per heavy atom. The van der Waals surface area contributed by atoms with Gasteiger partial charge in [-0.05, 0) is 56.8 Å². The second kappa shape index (κ2) is 5.90. The molecule has 1 aliphatic heterocycles. The van der Waals surface area contributed by atoms with Crippen molar-refractivity contribution in [3.8, 4) is 0 Å². The van der Waals surface area contributed by atoms with E-state index in [-0.39, 0.29) is 6.04 Å². The molecule has 3 rings (SSSR count). The molecule has 19 heavy (non-hydrogen) atoms. The zero-order valence-corrected chi connectivity index (χ0v) is 13.5. The molecule has 1 N–H and O–H groups in total. The quantitative estimate of drug-likeness (QED) is 0.875. The van der Waals surface area contributed by atoms with Gasteiger partial charge in [0.1, 0.15) is 0 Å². The van der Waals surface area contributed by atoms with Crippen molar-refractivity contribution in [2.45, 2.75) is 38.3 Å². The summed E-state index contributed by atoms with van der Waals surface area (Å²) in [6, 6.07) is 3.18. The summed E-state index contributed by atoms with van der Waals surface area (Å²) in [7, 11) is 0. The minimum absolute atomic E-state index is 0.284. The summed E-state index contributed by atoms with van der Waals surface area (Å²) in [5.74, 6) is 0.788. The Kier molecular flexibility index (Phi) is 4.40. The Bertz CT molecular complexity index is 445.